The van der Waals surface area contributed by atoms with E-state index < -0.39 is 23.1 Å². The molecule has 0 atom stereocenters. The van der Waals surface area contributed by atoms with Gasteiger partial charge in [0.2, 0.25) is 10.0 Å². The van der Waals surface area contributed by atoms with Crippen LogP contribution in [0.15, 0.2) is 23.1 Å². The Balaban J connectivity index is 3.44. The Morgan fingerprint density at radius 1 is 1.24 bits per heavy atom. The van der Waals surface area contributed by atoms with Crippen molar-refractivity contribution >= 4 is 10.0 Å². The average molecular weight is 302 g/mol. The standard InChI is InChI=1S/C14H14N4O2S/c1-12-4-5-14(13(11-12)3-2-6-15)21(19,20)18(9-7-16)10-8-17/h4-5,11H,6,9-10,15H2,1H3. The maximum atomic E-state index is 12.5. The van der Waals surface area contributed by atoms with E-state index in [9.17, 15) is 8.42 Å². The lowest BCUT2D eigenvalue weighted by atomic mass is 10.1. The van der Waals surface area contributed by atoms with Gasteiger partial charge in [0.15, 0.2) is 0 Å². The van der Waals surface area contributed by atoms with E-state index in [1.165, 1.54) is 6.07 Å². The van der Waals surface area contributed by atoms with Crippen molar-refractivity contribution in [1.29, 1.82) is 10.5 Å². The zero-order chi connectivity index (χ0) is 15.9. The van der Waals surface area contributed by atoms with Gasteiger partial charge in [0.05, 0.1) is 23.6 Å². The van der Waals surface area contributed by atoms with Gasteiger partial charge in [0.1, 0.15) is 13.1 Å². The summed E-state index contributed by atoms with van der Waals surface area (Å²) < 4.78 is 25.9. The molecule has 6 nitrogen and oxygen atoms in total. The van der Waals surface area contributed by atoms with Gasteiger partial charge in [-0.25, -0.2) is 8.42 Å². The van der Waals surface area contributed by atoms with Crippen LogP contribution in [0.3, 0.4) is 0 Å². The Kier molecular flexibility index (Phi) is 5.90. The lowest BCUT2D eigenvalue weighted by Crippen LogP contribution is -2.32. The maximum absolute atomic E-state index is 12.5. The normalized spacial score (nSPS) is 10.3. The molecule has 0 radical (unpaired) electrons. The van der Waals surface area contributed by atoms with Gasteiger partial charge in [-0.3, -0.25) is 0 Å². The van der Waals surface area contributed by atoms with Gasteiger partial charge in [-0.05, 0) is 24.6 Å². The monoisotopic (exact) mass is 302 g/mol. The number of nitrogens with two attached hydrogens (primary N) is 1. The molecule has 0 aliphatic rings. The van der Waals surface area contributed by atoms with E-state index in [2.05, 4.69) is 11.8 Å². The second kappa shape index (κ2) is 7.42. The van der Waals surface area contributed by atoms with Gasteiger partial charge >= 0.3 is 0 Å². The Bertz CT molecular complexity index is 745. The first kappa shape index (κ1) is 16.7. The van der Waals surface area contributed by atoms with E-state index in [0.29, 0.717) is 5.56 Å². The fourth-order valence-electron chi connectivity index (χ4n) is 1.64. The molecule has 0 aromatic heterocycles. The van der Waals surface area contributed by atoms with Crippen molar-refractivity contribution in [3.63, 3.8) is 0 Å². The second-order valence-electron chi connectivity index (χ2n) is 4.09. The molecule has 21 heavy (non-hydrogen) atoms. The van der Waals surface area contributed by atoms with Gasteiger partial charge in [-0.1, -0.05) is 17.9 Å². The number of benzene rings is 1. The molecule has 2 N–H and O–H groups in total. The summed E-state index contributed by atoms with van der Waals surface area (Å²) in [6, 6.07) is 8.18. The topological polar surface area (TPSA) is 111 Å². The summed E-state index contributed by atoms with van der Waals surface area (Å²) in [6.45, 7) is 1.13. The molecule has 0 fully saturated rings. The lowest BCUT2D eigenvalue weighted by Gasteiger charge is -2.17. The van der Waals surface area contributed by atoms with Crippen LogP contribution in [-0.4, -0.2) is 32.4 Å². The van der Waals surface area contributed by atoms with Crippen LogP contribution in [0, 0.1) is 41.4 Å². The van der Waals surface area contributed by atoms with Crippen molar-refractivity contribution in [2.24, 2.45) is 5.73 Å². The van der Waals surface area contributed by atoms with Crippen molar-refractivity contribution in [3.8, 4) is 24.0 Å². The van der Waals surface area contributed by atoms with E-state index in [1.807, 2.05) is 6.92 Å². The number of sulfonamides is 1. The molecule has 0 aliphatic carbocycles. The summed E-state index contributed by atoms with van der Waals surface area (Å²) in [5.41, 5.74) is 6.47. The minimum Gasteiger partial charge on any atom is -0.320 e. The first-order valence-electron chi connectivity index (χ1n) is 6.01. The van der Waals surface area contributed by atoms with Gasteiger partial charge in [0.25, 0.3) is 0 Å². The highest BCUT2D eigenvalue weighted by Gasteiger charge is 2.26. The van der Waals surface area contributed by atoms with Crippen molar-refractivity contribution in [2.45, 2.75) is 11.8 Å². The third-order valence-corrected chi connectivity index (χ3v) is 4.42. The lowest BCUT2D eigenvalue weighted by molar-refractivity contribution is 0.479. The van der Waals surface area contributed by atoms with Crippen LogP contribution >= 0.6 is 0 Å². The fraction of sp³-hybridized carbons (Fsp3) is 0.286. The first-order valence-corrected chi connectivity index (χ1v) is 7.45. The Morgan fingerprint density at radius 3 is 2.38 bits per heavy atom. The quantitative estimate of drug-likeness (QED) is 0.637. The third kappa shape index (κ3) is 4.05. The number of aryl methyl sites for hydroxylation is 1. The Labute approximate surface area is 124 Å². The molecule has 0 heterocycles. The van der Waals surface area contributed by atoms with Crippen LogP contribution in [-0.2, 0) is 10.0 Å². The van der Waals surface area contributed by atoms with Gasteiger partial charge < -0.3 is 5.73 Å². The van der Waals surface area contributed by atoms with Crippen LogP contribution in [0.25, 0.3) is 0 Å². The summed E-state index contributed by atoms with van der Waals surface area (Å²) in [5.74, 6) is 5.32. The highest BCUT2D eigenvalue weighted by molar-refractivity contribution is 7.89. The molecule has 0 unspecified atom stereocenters. The highest BCUT2D eigenvalue weighted by atomic mass is 32.2. The van der Waals surface area contributed by atoms with Gasteiger partial charge in [-0.2, -0.15) is 14.8 Å². The molecular weight excluding hydrogens is 288 g/mol. The molecule has 1 rings (SSSR count). The molecule has 0 bridgehead atoms. The minimum atomic E-state index is -3.96. The Morgan fingerprint density at radius 2 is 1.86 bits per heavy atom. The predicted molar refractivity (Wildman–Crippen MR) is 77.1 cm³/mol. The SMILES string of the molecule is Cc1ccc(S(=O)(=O)N(CC#N)CC#N)c(C#CCN)c1. The molecule has 1 aromatic carbocycles. The van der Waals surface area contributed by atoms with E-state index in [4.69, 9.17) is 16.3 Å². The van der Waals surface area contributed by atoms with Crippen LogP contribution in [0.5, 0.6) is 0 Å². The Hall–Kier alpha value is -2.37. The number of nitriles is 2. The van der Waals surface area contributed by atoms with Crippen LogP contribution in [0.2, 0.25) is 0 Å². The number of rotatable bonds is 4. The largest absolute Gasteiger partial charge is 0.320 e. The zero-order valence-corrected chi connectivity index (χ0v) is 12.3. The van der Waals surface area contributed by atoms with Gasteiger partial charge in [-0.15, -0.1) is 0 Å². The molecule has 0 spiro atoms. The van der Waals surface area contributed by atoms with E-state index in [0.717, 1.165) is 9.87 Å². The smallest absolute Gasteiger partial charge is 0.246 e. The van der Waals surface area contributed by atoms with E-state index in [1.54, 1.807) is 24.3 Å². The van der Waals surface area contributed by atoms with Crippen LogP contribution in [0.4, 0.5) is 0 Å². The summed E-state index contributed by atoms with van der Waals surface area (Å²) in [6.07, 6.45) is 0. The molecule has 0 aliphatic heterocycles. The number of nitrogens with zero attached hydrogens (tertiary/aromatic N) is 3. The van der Waals surface area contributed by atoms with Crippen LogP contribution < -0.4 is 5.73 Å². The molecule has 7 heteroatoms. The minimum absolute atomic E-state index is 0.0282. The van der Waals surface area contributed by atoms with Crippen LogP contribution in [0.1, 0.15) is 11.1 Å². The highest BCUT2D eigenvalue weighted by Crippen LogP contribution is 2.20. The number of hydrogen-bond donors (Lipinski definition) is 1. The van der Waals surface area contributed by atoms with E-state index >= 15 is 0 Å². The summed E-state index contributed by atoms with van der Waals surface area (Å²) in [7, 11) is -3.96. The maximum Gasteiger partial charge on any atom is 0.246 e. The summed E-state index contributed by atoms with van der Waals surface area (Å²) in [5, 5.41) is 17.4. The van der Waals surface area contributed by atoms with Crippen molar-refractivity contribution < 1.29 is 8.42 Å². The first-order chi connectivity index (χ1) is 9.97. The molecular formula is C14H14N4O2S. The third-order valence-electron chi connectivity index (χ3n) is 2.57. The van der Waals surface area contributed by atoms with Gasteiger partial charge in [0, 0.05) is 5.56 Å². The predicted octanol–water partition coefficient (Wildman–Crippen LogP) is 0.343. The van der Waals surface area contributed by atoms with E-state index in [-0.39, 0.29) is 11.4 Å². The molecule has 0 saturated heterocycles. The van der Waals surface area contributed by atoms with Crippen molar-refractivity contribution in [2.75, 3.05) is 19.6 Å². The second-order valence-corrected chi connectivity index (χ2v) is 6.00. The summed E-state index contributed by atoms with van der Waals surface area (Å²) in [4.78, 5) is -0.0282. The molecule has 0 saturated carbocycles. The fourth-order valence-corrected chi connectivity index (χ4v) is 3.00. The molecule has 108 valence electrons. The molecule has 0 amide bonds. The summed E-state index contributed by atoms with van der Waals surface area (Å²) >= 11 is 0. The molecule has 1 aromatic rings. The number of hydrogen-bond acceptors (Lipinski definition) is 5. The van der Waals surface area contributed by atoms with Crippen molar-refractivity contribution in [3.05, 3.63) is 29.3 Å². The van der Waals surface area contributed by atoms with Crippen molar-refractivity contribution in [1.82, 2.24) is 4.31 Å². The average Bonchev–Trinajstić information content (AvgIpc) is 2.44. The zero-order valence-electron chi connectivity index (χ0n) is 11.5.